The first-order chi connectivity index (χ1) is 7.08. The molecule has 1 aliphatic heterocycles. The molecule has 1 aliphatic rings. The zero-order valence-corrected chi connectivity index (χ0v) is 7.35. The number of hydrogen-bond acceptors (Lipinski definition) is 5. The minimum Gasteiger partial charge on any atom is -0.410 e. The summed E-state index contributed by atoms with van der Waals surface area (Å²) >= 11 is 0. The second kappa shape index (κ2) is 3.09. The summed E-state index contributed by atoms with van der Waals surface area (Å²) in [6.07, 6.45) is -0.993. The standard InChI is InChI=1S/C9H5NO5/c10-9(13)14-4-1-2-5-6(3-4)8(12)15-7(5)11/h1-3H,(H2,10,13). The van der Waals surface area contributed by atoms with Crippen LogP contribution >= 0.6 is 0 Å². The van der Waals surface area contributed by atoms with Crippen LogP contribution in [0.25, 0.3) is 0 Å². The first-order valence-electron chi connectivity index (χ1n) is 3.96. The van der Waals surface area contributed by atoms with Crippen LogP contribution in [0.15, 0.2) is 18.2 Å². The predicted molar refractivity (Wildman–Crippen MR) is 46.4 cm³/mol. The first kappa shape index (κ1) is 9.20. The van der Waals surface area contributed by atoms with Crippen LogP contribution in [0.2, 0.25) is 0 Å². The Labute approximate surface area is 83.6 Å². The van der Waals surface area contributed by atoms with Crippen molar-refractivity contribution < 1.29 is 23.9 Å². The van der Waals surface area contributed by atoms with Crippen LogP contribution in [0, 0.1) is 0 Å². The van der Waals surface area contributed by atoms with E-state index >= 15 is 0 Å². The molecule has 0 radical (unpaired) electrons. The summed E-state index contributed by atoms with van der Waals surface area (Å²) in [6.45, 7) is 0. The summed E-state index contributed by atoms with van der Waals surface area (Å²) in [5, 5.41) is 0. The molecule has 0 spiro atoms. The maximum Gasteiger partial charge on any atom is 0.409 e. The molecule has 2 rings (SSSR count). The van der Waals surface area contributed by atoms with Crippen LogP contribution in [-0.2, 0) is 4.74 Å². The van der Waals surface area contributed by atoms with Crippen LogP contribution in [0.3, 0.4) is 0 Å². The van der Waals surface area contributed by atoms with Gasteiger partial charge in [0.15, 0.2) is 0 Å². The Morgan fingerprint density at radius 3 is 2.53 bits per heavy atom. The molecule has 0 aliphatic carbocycles. The SMILES string of the molecule is NC(=O)Oc1ccc2c(c1)C(=O)OC2=O. The molecule has 0 unspecified atom stereocenters. The number of ether oxygens (including phenoxy) is 2. The molecule has 2 N–H and O–H groups in total. The van der Waals surface area contributed by atoms with Gasteiger partial charge in [-0.1, -0.05) is 0 Å². The second-order valence-corrected chi connectivity index (χ2v) is 2.81. The first-order valence-corrected chi connectivity index (χ1v) is 3.96. The third-order valence-electron chi connectivity index (χ3n) is 1.83. The van der Waals surface area contributed by atoms with Gasteiger partial charge >= 0.3 is 18.0 Å². The largest absolute Gasteiger partial charge is 0.410 e. The lowest BCUT2D eigenvalue weighted by Gasteiger charge is -2.00. The second-order valence-electron chi connectivity index (χ2n) is 2.81. The number of carbonyl (C=O) groups is 3. The van der Waals surface area contributed by atoms with E-state index in [1.165, 1.54) is 18.2 Å². The Morgan fingerprint density at radius 2 is 1.87 bits per heavy atom. The van der Waals surface area contributed by atoms with Crippen molar-refractivity contribution in [2.24, 2.45) is 5.73 Å². The van der Waals surface area contributed by atoms with Crippen molar-refractivity contribution in [2.75, 3.05) is 0 Å². The van der Waals surface area contributed by atoms with Crippen LogP contribution in [0.1, 0.15) is 20.7 Å². The monoisotopic (exact) mass is 207 g/mol. The number of rotatable bonds is 1. The van der Waals surface area contributed by atoms with E-state index in [-0.39, 0.29) is 16.9 Å². The van der Waals surface area contributed by atoms with E-state index in [2.05, 4.69) is 9.47 Å². The average Bonchev–Trinajstić information content (AvgIpc) is 2.41. The molecular weight excluding hydrogens is 202 g/mol. The third-order valence-corrected chi connectivity index (χ3v) is 1.83. The summed E-state index contributed by atoms with van der Waals surface area (Å²) in [4.78, 5) is 32.6. The maximum absolute atomic E-state index is 11.1. The fraction of sp³-hybridized carbons (Fsp3) is 0. The number of esters is 2. The van der Waals surface area contributed by atoms with Crippen LogP contribution in [0.5, 0.6) is 5.75 Å². The lowest BCUT2D eigenvalue weighted by molar-refractivity contribution is 0.0443. The summed E-state index contributed by atoms with van der Waals surface area (Å²) in [6, 6.07) is 3.91. The van der Waals surface area contributed by atoms with E-state index in [9.17, 15) is 14.4 Å². The number of benzene rings is 1. The topological polar surface area (TPSA) is 95.7 Å². The molecule has 1 aromatic rings. The summed E-state index contributed by atoms with van der Waals surface area (Å²) < 4.78 is 8.88. The van der Waals surface area contributed by atoms with Gasteiger partial charge in [-0.25, -0.2) is 14.4 Å². The highest BCUT2D eigenvalue weighted by Crippen LogP contribution is 2.24. The molecule has 0 atom stereocenters. The quantitative estimate of drug-likeness (QED) is 0.532. The lowest BCUT2D eigenvalue weighted by Crippen LogP contribution is -2.16. The number of cyclic esters (lactones) is 2. The maximum atomic E-state index is 11.1. The number of fused-ring (bicyclic) bond motifs is 1. The van der Waals surface area contributed by atoms with Crippen molar-refractivity contribution in [3.05, 3.63) is 29.3 Å². The Balaban J connectivity index is 2.42. The minimum absolute atomic E-state index is 0.0683. The van der Waals surface area contributed by atoms with Crippen LogP contribution < -0.4 is 10.5 Å². The van der Waals surface area contributed by atoms with Crippen molar-refractivity contribution in [2.45, 2.75) is 0 Å². The zero-order valence-electron chi connectivity index (χ0n) is 7.35. The van der Waals surface area contributed by atoms with Crippen LogP contribution in [0.4, 0.5) is 4.79 Å². The van der Waals surface area contributed by atoms with Crippen molar-refractivity contribution >= 4 is 18.0 Å². The van der Waals surface area contributed by atoms with Gasteiger partial charge in [0.25, 0.3) is 0 Å². The van der Waals surface area contributed by atoms with E-state index in [0.29, 0.717) is 0 Å². The Hall–Kier alpha value is -2.37. The predicted octanol–water partition coefficient (Wildman–Crippen LogP) is 0.455. The zero-order chi connectivity index (χ0) is 11.0. The highest BCUT2D eigenvalue weighted by molar-refractivity contribution is 6.14. The fourth-order valence-electron chi connectivity index (χ4n) is 1.24. The van der Waals surface area contributed by atoms with Gasteiger partial charge in [0, 0.05) is 0 Å². The molecule has 6 nitrogen and oxygen atoms in total. The molecule has 0 fully saturated rings. The summed E-state index contributed by atoms with van der Waals surface area (Å²) in [5.41, 5.74) is 5.01. The smallest absolute Gasteiger partial charge is 0.409 e. The van der Waals surface area contributed by atoms with Crippen molar-refractivity contribution in [1.29, 1.82) is 0 Å². The van der Waals surface area contributed by atoms with Gasteiger partial charge in [-0.2, -0.15) is 0 Å². The average molecular weight is 207 g/mol. The molecule has 1 amide bonds. The van der Waals surface area contributed by atoms with Gasteiger partial charge < -0.3 is 15.2 Å². The van der Waals surface area contributed by atoms with Gasteiger partial charge in [-0.15, -0.1) is 0 Å². The summed E-state index contributed by atoms with van der Waals surface area (Å²) in [5.74, 6) is -1.38. The number of primary amides is 1. The Kier molecular flexibility index (Phi) is 1.89. The third kappa shape index (κ3) is 1.52. The number of nitrogens with two attached hydrogens (primary N) is 1. The molecule has 1 aromatic carbocycles. The Morgan fingerprint density at radius 1 is 1.20 bits per heavy atom. The van der Waals surface area contributed by atoms with E-state index in [0.717, 1.165) is 0 Å². The molecule has 0 aromatic heterocycles. The normalized spacial score (nSPS) is 13.3. The molecule has 6 heteroatoms. The molecule has 15 heavy (non-hydrogen) atoms. The van der Waals surface area contributed by atoms with Gasteiger partial charge in [-0.3, -0.25) is 0 Å². The molecule has 0 saturated carbocycles. The van der Waals surface area contributed by atoms with E-state index in [1.54, 1.807) is 0 Å². The van der Waals surface area contributed by atoms with Crippen molar-refractivity contribution in [3.8, 4) is 5.75 Å². The van der Waals surface area contributed by atoms with E-state index in [1.807, 2.05) is 0 Å². The van der Waals surface area contributed by atoms with E-state index in [4.69, 9.17) is 5.73 Å². The van der Waals surface area contributed by atoms with Gasteiger partial charge in [0.2, 0.25) is 0 Å². The number of amides is 1. The van der Waals surface area contributed by atoms with Gasteiger partial charge in [0.05, 0.1) is 11.1 Å². The molecule has 0 bridgehead atoms. The molecular formula is C9H5NO5. The van der Waals surface area contributed by atoms with Crippen molar-refractivity contribution in [1.82, 2.24) is 0 Å². The summed E-state index contributed by atoms with van der Waals surface area (Å²) in [7, 11) is 0. The number of carbonyl (C=O) groups excluding carboxylic acids is 3. The Bertz CT molecular complexity index is 479. The van der Waals surface area contributed by atoms with Gasteiger partial charge in [-0.05, 0) is 18.2 Å². The minimum atomic E-state index is -0.993. The van der Waals surface area contributed by atoms with Crippen molar-refractivity contribution in [3.63, 3.8) is 0 Å². The fourth-order valence-corrected chi connectivity index (χ4v) is 1.24. The molecule has 1 heterocycles. The lowest BCUT2D eigenvalue weighted by atomic mass is 10.1. The highest BCUT2D eigenvalue weighted by atomic mass is 16.6. The number of hydrogen-bond donors (Lipinski definition) is 1. The highest BCUT2D eigenvalue weighted by Gasteiger charge is 2.29. The molecule has 0 saturated heterocycles. The van der Waals surface area contributed by atoms with Gasteiger partial charge in [0.1, 0.15) is 5.75 Å². The van der Waals surface area contributed by atoms with E-state index < -0.39 is 18.0 Å². The van der Waals surface area contributed by atoms with Crippen LogP contribution in [-0.4, -0.2) is 18.0 Å². The molecule has 76 valence electrons.